The van der Waals surface area contributed by atoms with Crippen molar-refractivity contribution in [2.24, 2.45) is 0 Å². The zero-order chi connectivity index (χ0) is 21.9. The van der Waals surface area contributed by atoms with Gasteiger partial charge in [0.2, 0.25) is 15.9 Å². The van der Waals surface area contributed by atoms with E-state index in [4.69, 9.17) is 27.6 Å². The lowest BCUT2D eigenvalue weighted by Crippen LogP contribution is -2.46. The molecule has 12 heteroatoms. The summed E-state index contributed by atoms with van der Waals surface area (Å²) in [6.45, 7) is -0.0430. The summed E-state index contributed by atoms with van der Waals surface area (Å²) >= 11 is 11.8. The van der Waals surface area contributed by atoms with Crippen LogP contribution in [0.25, 0.3) is 0 Å². The van der Waals surface area contributed by atoms with E-state index in [1.807, 2.05) is 0 Å². The van der Waals surface area contributed by atoms with Crippen LogP contribution in [0.5, 0.6) is 0 Å². The van der Waals surface area contributed by atoms with Gasteiger partial charge in [-0.15, -0.1) is 0 Å². The van der Waals surface area contributed by atoms with E-state index < -0.39 is 37.6 Å². The molecule has 2 heterocycles. The van der Waals surface area contributed by atoms with Crippen molar-refractivity contribution in [2.45, 2.75) is 28.7 Å². The molecule has 0 aliphatic carbocycles. The number of nitrogens with zero attached hydrogens (tertiary/aromatic N) is 1. The molecular formula is C18H20Cl2N2O6S2. The lowest BCUT2D eigenvalue weighted by Gasteiger charge is -2.31. The maximum atomic E-state index is 12.5. The van der Waals surface area contributed by atoms with E-state index in [-0.39, 0.29) is 46.6 Å². The van der Waals surface area contributed by atoms with E-state index in [1.54, 1.807) is 12.1 Å². The Hall–Kier alpha value is -1.59. The number of benzene rings is 1. The third-order valence-electron chi connectivity index (χ3n) is 4.83. The van der Waals surface area contributed by atoms with Gasteiger partial charge in [0.15, 0.2) is 9.84 Å². The molecule has 0 saturated carbocycles. The van der Waals surface area contributed by atoms with Crippen molar-refractivity contribution >= 4 is 49.0 Å². The van der Waals surface area contributed by atoms with Gasteiger partial charge in [-0.05, 0) is 37.1 Å². The number of hydrogen-bond acceptors (Lipinski definition) is 6. The zero-order valence-electron chi connectivity index (χ0n) is 15.8. The number of nitrogens with one attached hydrogen (secondary N) is 1. The van der Waals surface area contributed by atoms with Crippen molar-refractivity contribution < 1.29 is 26.0 Å². The van der Waals surface area contributed by atoms with E-state index in [9.17, 15) is 21.6 Å². The summed E-state index contributed by atoms with van der Waals surface area (Å²) in [5.74, 6) is -0.262. The van der Waals surface area contributed by atoms with Crippen LogP contribution in [-0.4, -0.2) is 52.5 Å². The molecule has 1 fully saturated rings. The highest BCUT2D eigenvalue weighted by atomic mass is 35.5. The molecule has 3 rings (SSSR count). The van der Waals surface area contributed by atoms with Crippen LogP contribution in [0.1, 0.15) is 18.6 Å². The fourth-order valence-corrected chi connectivity index (χ4v) is 7.09. The number of likely N-dealkylation sites (tertiary alicyclic amines) is 1. The van der Waals surface area contributed by atoms with E-state index >= 15 is 0 Å². The third kappa shape index (κ3) is 5.36. The van der Waals surface area contributed by atoms with Gasteiger partial charge in [-0.2, -0.15) is 0 Å². The maximum Gasteiger partial charge on any atom is 0.244 e. The molecule has 1 N–H and O–H groups in total. The first kappa shape index (κ1) is 23.1. The minimum absolute atomic E-state index is 0.0509. The summed E-state index contributed by atoms with van der Waals surface area (Å²) in [6.07, 6.45) is 1.97. The SMILES string of the molecule is O=C(CNS(=O)(=O)c1c(Cl)cccc1Cl)N1CCC(S(=O)(=O)Cc2ccco2)CC1. The molecule has 0 bridgehead atoms. The van der Waals surface area contributed by atoms with Gasteiger partial charge in [-0.1, -0.05) is 29.3 Å². The zero-order valence-corrected chi connectivity index (χ0v) is 18.9. The van der Waals surface area contributed by atoms with Crippen molar-refractivity contribution in [3.63, 3.8) is 0 Å². The fourth-order valence-electron chi connectivity index (χ4n) is 3.26. The van der Waals surface area contributed by atoms with Crippen molar-refractivity contribution in [3.05, 3.63) is 52.4 Å². The van der Waals surface area contributed by atoms with Crippen molar-refractivity contribution in [1.29, 1.82) is 0 Å². The number of piperidine rings is 1. The highest BCUT2D eigenvalue weighted by molar-refractivity contribution is 7.91. The smallest absolute Gasteiger partial charge is 0.244 e. The first-order chi connectivity index (χ1) is 14.1. The molecule has 0 unspecified atom stereocenters. The Labute approximate surface area is 185 Å². The van der Waals surface area contributed by atoms with Gasteiger partial charge in [-0.3, -0.25) is 4.79 Å². The van der Waals surface area contributed by atoms with Crippen LogP contribution < -0.4 is 4.72 Å². The predicted octanol–water partition coefficient (Wildman–Crippen LogP) is 2.47. The van der Waals surface area contributed by atoms with E-state index in [1.165, 1.54) is 29.4 Å². The Bertz CT molecular complexity index is 1090. The second-order valence-electron chi connectivity index (χ2n) is 6.84. The Morgan fingerprint density at radius 1 is 1.07 bits per heavy atom. The number of carbonyl (C=O) groups excluding carboxylic acids is 1. The summed E-state index contributed by atoms with van der Waals surface area (Å²) in [4.78, 5) is 13.6. The first-order valence-electron chi connectivity index (χ1n) is 9.05. The highest BCUT2D eigenvalue weighted by Gasteiger charge is 2.32. The molecule has 1 aliphatic heterocycles. The predicted molar refractivity (Wildman–Crippen MR) is 113 cm³/mol. The van der Waals surface area contributed by atoms with Crippen molar-refractivity contribution in [3.8, 4) is 0 Å². The molecule has 1 saturated heterocycles. The number of carbonyl (C=O) groups is 1. The molecule has 164 valence electrons. The van der Waals surface area contributed by atoms with Gasteiger partial charge in [0.05, 0.1) is 28.1 Å². The summed E-state index contributed by atoms with van der Waals surface area (Å²) in [7, 11) is -7.50. The van der Waals surface area contributed by atoms with Crippen LogP contribution in [0.3, 0.4) is 0 Å². The lowest BCUT2D eigenvalue weighted by atomic mass is 10.1. The van der Waals surface area contributed by atoms with Crippen LogP contribution >= 0.6 is 23.2 Å². The standard InChI is InChI=1S/C18H20Cl2N2O6S2/c19-15-4-1-5-16(20)18(15)30(26,27)21-11-17(23)22-8-6-14(7-9-22)29(24,25)12-13-3-2-10-28-13/h1-5,10,14,21H,6-9,11-12H2. The minimum Gasteiger partial charge on any atom is -0.468 e. The molecule has 8 nitrogen and oxygen atoms in total. The van der Waals surface area contributed by atoms with Gasteiger partial charge in [-0.25, -0.2) is 21.6 Å². The van der Waals surface area contributed by atoms with E-state index in [0.717, 1.165) is 0 Å². The molecule has 0 atom stereocenters. The van der Waals surface area contributed by atoms with E-state index in [2.05, 4.69) is 4.72 Å². The van der Waals surface area contributed by atoms with Crippen LogP contribution in [0, 0.1) is 0 Å². The molecule has 30 heavy (non-hydrogen) atoms. The molecule has 1 aromatic carbocycles. The summed E-state index contributed by atoms with van der Waals surface area (Å²) < 4.78 is 57.3. The monoisotopic (exact) mass is 494 g/mol. The topological polar surface area (TPSA) is 114 Å². The number of sulfone groups is 1. The lowest BCUT2D eigenvalue weighted by molar-refractivity contribution is -0.130. The Morgan fingerprint density at radius 2 is 1.70 bits per heavy atom. The Balaban J connectivity index is 1.55. The Kier molecular flexibility index (Phi) is 7.13. The molecule has 1 amide bonds. The second-order valence-corrected chi connectivity index (χ2v) is 11.6. The molecule has 1 aromatic heterocycles. The number of hydrogen-bond donors (Lipinski definition) is 1. The van der Waals surface area contributed by atoms with Crippen molar-refractivity contribution in [1.82, 2.24) is 9.62 Å². The van der Waals surface area contributed by atoms with Gasteiger partial charge >= 0.3 is 0 Å². The largest absolute Gasteiger partial charge is 0.468 e. The molecular weight excluding hydrogens is 475 g/mol. The number of amides is 1. The maximum absolute atomic E-state index is 12.5. The number of halogens is 2. The molecule has 1 aliphatic rings. The molecule has 2 aromatic rings. The normalized spacial score (nSPS) is 16.0. The van der Waals surface area contributed by atoms with Crippen LogP contribution in [0.2, 0.25) is 10.0 Å². The number of furan rings is 1. The highest BCUT2D eigenvalue weighted by Crippen LogP contribution is 2.28. The number of sulfonamides is 1. The van der Waals surface area contributed by atoms with Crippen LogP contribution in [0.15, 0.2) is 45.9 Å². The summed E-state index contributed by atoms with van der Waals surface area (Å²) in [5.41, 5.74) is 0. The average molecular weight is 495 g/mol. The van der Waals surface area contributed by atoms with Gasteiger partial charge < -0.3 is 9.32 Å². The quantitative estimate of drug-likeness (QED) is 0.632. The summed E-state index contributed by atoms with van der Waals surface area (Å²) in [6, 6.07) is 7.52. The van der Waals surface area contributed by atoms with Crippen LogP contribution in [-0.2, 0) is 30.4 Å². The van der Waals surface area contributed by atoms with Gasteiger partial charge in [0, 0.05) is 13.1 Å². The number of rotatable bonds is 7. The Morgan fingerprint density at radius 3 is 2.27 bits per heavy atom. The molecule has 0 spiro atoms. The van der Waals surface area contributed by atoms with Crippen molar-refractivity contribution in [2.75, 3.05) is 19.6 Å². The second kappa shape index (κ2) is 9.27. The summed E-state index contributed by atoms with van der Waals surface area (Å²) in [5, 5.41) is -0.680. The average Bonchev–Trinajstić information content (AvgIpc) is 3.18. The van der Waals surface area contributed by atoms with E-state index in [0.29, 0.717) is 5.76 Å². The minimum atomic E-state index is -4.09. The third-order valence-corrected chi connectivity index (χ3v) is 9.36. The van der Waals surface area contributed by atoms with Gasteiger partial charge in [0.1, 0.15) is 16.4 Å². The first-order valence-corrected chi connectivity index (χ1v) is 13.0. The van der Waals surface area contributed by atoms with Crippen LogP contribution in [0.4, 0.5) is 0 Å². The fraction of sp³-hybridized carbons (Fsp3) is 0.389. The van der Waals surface area contributed by atoms with Gasteiger partial charge in [0.25, 0.3) is 0 Å². The molecule has 0 radical (unpaired) electrons.